The fraction of sp³-hybridized carbons (Fsp3) is 0.176. The molecule has 114 valence electrons. The molecule has 2 rings (SSSR count). The fourth-order valence-electron chi connectivity index (χ4n) is 2.03. The molecule has 2 N–H and O–H groups in total. The van der Waals surface area contributed by atoms with Crippen molar-refractivity contribution in [1.82, 2.24) is 10.9 Å². The van der Waals surface area contributed by atoms with Crippen molar-refractivity contribution < 1.29 is 9.59 Å². The highest BCUT2D eigenvalue weighted by molar-refractivity contribution is 6.30. The van der Waals surface area contributed by atoms with E-state index in [2.05, 4.69) is 10.9 Å². The summed E-state index contributed by atoms with van der Waals surface area (Å²) in [6.07, 6.45) is 0.297. The zero-order chi connectivity index (χ0) is 15.9. The molecule has 0 aliphatic rings. The number of amides is 2. The molecule has 0 saturated carbocycles. The second kappa shape index (κ2) is 7.61. The number of nitrogens with one attached hydrogen (secondary N) is 2. The third-order valence-corrected chi connectivity index (χ3v) is 3.53. The minimum atomic E-state index is -0.377. The molecular weight excluding hydrogens is 300 g/mol. The average Bonchev–Trinajstić information content (AvgIpc) is 2.54. The van der Waals surface area contributed by atoms with Gasteiger partial charge in [0.15, 0.2) is 0 Å². The van der Waals surface area contributed by atoms with E-state index in [1.165, 1.54) is 0 Å². The first-order chi connectivity index (χ1) is 10.6. The van der Waals surface area contributed by atoms with Gasteiger partial charge in [0.2, 0.25) is 5.91 Å². The van der Waals surface area contributed by atoms with Gasteiger partial charge in [-0.05, 0) is 35.7 Å². The number of hydrazine groups is 1. The molecule has 0 saturated heterocycles. The lowest BCUT2D eigenvalue weighted by atomic mass is 9.98. The molecule has 0 unspecified atom stereocenters. The highest BCUT2D eigenvalue weighted by Gasteiger charge is 2.12. The number of hydrogen-bond acceptors (Lipinski definition) is 2. The van der Waals surface area contributed by atoms with Crippen LogP contribution >= 0.6 is 11.6 Å². The van der Waals surface area contributed by atoms with Crippen molar-refractivity contribution in [2.75, 3.05) is 0 Å². The number of rotatable bonds is 4. The molecular formula is C17H17ClN2O2. The third-order valence-electron chi connectivity index (χ3n) is 3.28. The first kappa shape index (κ1) is 16.0. The molecule has 2 aromatic carbocycles. The topological polar surface area (TPSA) is 58.2 Å². The van der Waals surface area contributed by atoms with Crippen molar-refractivity contribution in [2.24, 2.45) is 0 Å². The van der Waals surface area contributed by atoms with Crippen LogP contribution in [0.2, 0.25) is 5.02 Å². The Labute approximate surface area is 134 Å². The van der Waals surface area contributed by atoms with E-state index in [0.717, 1.165) is 5.56 Å². The second-order valence-corrected chi connectivity index (χ2v) is 5.46. The zero-order valence-corrected chi connectivity index (χ0v) is 12.9. The third kappa shape index (κ3) is 4.60. The van der Waals surface area contributed by atoms with Gasteiger partial charge < -0.3 is 0 Å². The van der Waals surface area contributed by atoms with Gasteiger partial charge in [-0.2, -0.15) is 0 Å². The van der Waals surface area contributed by atoms with Crippen LogP contribution in [-0.4, -0.2) is 11.8 Å². The minimum absolute atomic E-state index is 0.0774. The summed E-state index contributed by atoms with van der Waals surface area (Å²) in [6, 6.07) is 16.2. The molecule has 0 radical (unpaired) electrons. The number of hydrogen-bond donors (Lipinski definition) is 2. The highest BCUT2D eigenvalue weighted by atomic mass is 35.5. The number of carbonyl (C=O) groups excluding carboxylic acids is 2. The van der Waals surface area contributed by atoms with Gasteiger partial charge >= 0.3 is 0 Å². The van der Waals surface area contributed by atoms with Crippen molar-refractivity contribution in [3.8, 4) is 0 Å². The van der Waals surface area contributed by atoms with Crippen LogP contribution in [0.4, 0.5) is 0 Å². The molecule has 0 bridgehead atoms. The Morgan fingerprint density at radius 1 is 1.00 bits per heavy atom. The largest absolute Gasteiger partial charge is 0.273 e. The molecule has 2 aromatic rings. The van der Waals surface area contributed by atoms with E-state index < -0.39 is 0 Å². The van der Waals surface area contributed by atoms with E-state index in [0.29, 0.717) is 17.0 Å². The molecule has 1 atom stereocenters. The van der Waals surface area contributed by atoms with Crippen molar-refractivity contribution in [3.63, 3.8) is 0 Å². The predicted molar refractivity (Wildman–Crippen MR) is 86.5 cm³/mol. The smallest absolute Gasteiger partial charge is 0.269 e. The number of halogens is 1. The van der Waals surface area contributed by atoms with Gasteiger partial charge in [-0.3, -0.25) is 20.4 Å². The Kier molecular flexibility index (Phi) is 5.55. The normalized spacial score (nSPS) is 11.5. The van der Waals surface area contributed by atoms with Gasteiger partial charge in [-0.15, -0.1) is 0 Å². The van der Waals surface area contributed by atoms with Gasteiger partial charge in [0.25, 0.3) is 5.91 Å². The Bertz CT molecular complexity index is 641. The van der Waals surface area contributed by atoms with Crippen LogP contribution < -0.4 is 10.9 Å². The minimum Gasteiger partial charge on any atom is -0.273 e. The van der Waals surface area contributed by atoms with Crippen molar-refractivity contribution in [1.29, 1.82) is 0 Å². The monoisotopic (exact) mass is 316 g/mol. The Morgan fingerprint density at radius 2 is 1.64 bits per heavy atom. The first-order valence-electron chi connectivity index (χ1n) is 6.96. The van der Waals surface area contributed by atoms with Gasteiger partial charge in [0.1, 0.15) is 0 Å². The molecule has 0 aliphatic heterocycles. The lowest BCUT2D eigenvalue weighted by Gasteiger charge is -2.12. The molecule has 2 amide bonds. The first-order valence-corrected chi connectivity index (χ1v) is 7.34. The van der Waals surface area contributed by atoms with E-state index in [-0.39, 0.29) is 17.7 Å². The van der Waals surface area contributed by atoms with Crippen LogP contribution in [-0.2, 0) is 4.79 Å². The molecule has 0 heterocycles. The standard InChI is InChI=1S/C17H17ClN2O2/c1-12(13-5-3-2-4-6-13)11-16(21)19-20-17(22)14-7-9-15(18)10-8-14/h2-10,12H,11H2,1H3,(H,19,21)(H,20,22)/t12-/m1/s1. The lowest BCUT2D eigenvalue weighted by Crippen LogP contribution is -2.41. The summed E-state index contributed by atoms with van der Waals surface area (Å²) in [5, 5.41) is 0.553. The van der Waals surface area contributed by atoms with Crippen LogP contribution in [0.15, 0.2) is 54.6 Å². The quantitative estimate of drug-likeness (QED) is 0.850. The maximum Gasteiger partial charge on any atom is 0.269 e. The van der Waals surface area contributed by atoms with Crippen LogP contribution in [0.5, 0.6) is 0 Å². The van der Waals surface area contributed by atoms with Crippen molar-refractivity contribution in [2.45, 2.75) is 19.3 Å². The Hall–Kier alpha value is -2.33. The number of carbonyl (C=O) groups is 2. The van der Waals surface area contributed by atoms with Gasteiger partial charge in [0.05, 0.1) is 0 Å². The molecule has 22 heavy (non-hydrogen) atoms. The van der Waals surface area contributed by atoms with E-state index in [4.69, 9.17) is 11.6 Å². The summed E-state index contributed by atoms with van der Waals surface area (Å²) in [5.41, 5.74) is 6.33. The average molecular weight is 317 g/mol. The van der Waals surface area contributed by atoms with E-state index in [9.17, 15) is 9.59 Å². The summed E-state index contributed by atoms with van der Waals surface area (Å²) in [7, 11) is 0. The van der Waals surface area contributed by atoms with Crippen LogP contribution in [0.3, 0.4) is 0 Å². The number of benzene rings is 2. The molecule has 4 nitrogen and oxygen atoms in total. The molecule has 0 fully saturated rings. The van der Waals surface area contributed by atoms with Crippen molar-refractivity contribution in [3.05, 3.63) is 70.7 Å². The summed E-state index contributed by atoms with van der Waals surface area (Å²) < 4.78 is 0. The summed E-state index contributed by atoms with van der Waals surface area (Å²) in [6.45, 7) is 1.97. The predicted octanol–water partition coefficient (Wildman–Crippen LogP) is 3.29. The van der Waals surface area contributed by atoms with Crippen LogP contribution in [0, 0.1) is 0 Å². The van der Waals surface area contributed by atoms with E-state index >= 15 is 0 Å². The maximum absolute atomic E-state index is 11.9. The summed E-state index contributed by atoms with van der Waals surface area (Å²) in [5.74, 6) is -0.537. The summed E-state index contributed by atoms with van der Waals surface area (Å²) in [4.78, 5) is 23.7. The fourth-order valence-corrected chi connectivity index (χ4v) is 2.15. The second-order valence-electron chi connectivity index (χ2n) is 5.03. The van der Waals surface area contributed by atoms with Gasteiger partial charge in [0, 0.05) is 17.0 Å². The lowest BCUT2D eigenvalue weighted by molar-refractivity contribution is -0.122. The highest BCUT2D eigenvalue weighted by Crippen LogP contribution is 2.17. The molecule has 0 spiro atoms. The van der Waals surface area contributed by atoms with Gasteiger partial charge in [-0.1, -0.05) is 48.9 Å². The summed E-state index contributed by atoms with van der Waals surface area (Å²) >= 11 is 5.76. The van der Waals surface area contributed by atoms with Crippen molar-refractivity contribution >= 4 is 23.4 Å². The van der Waals surface area contributed by atoms with Crippen LogP contribution in [0.1, 0.15) is 35.2 Å². The Balaban J connectivity index is 1.82. The Morgan fingerprint density at radius 3 is 2.27 bits per heavy atom. The maximum atomic E-state index is 11.9. The molecule has 0 aromatic heterocycles. The SMILES string of the molecule is C[C@H](CC(=O)NNC(=O)c1ccc(Cl)cc1)c1ccccc1. The van der Waals surface area contributed by atoms with E-state index in [1.807, 2.05) is 37.3 Å². The zero-order valence-electron chi connectivity index (χ0n) is 12.2. The molecule has 0 aliphatic carbocycles. The van der Waals surface area contributed by atoms with E-state index in [1.54, 1.807) is 24.3 Å². The van der Waals surface area contributed by atoms with Crippen LogP contribution in [0.25, 0.3) is 0 Å². The molecule has 5 heteroatoms. The van der Waals surface area contributed by atoms with Gasteiger partial charge in [-0.25, -0.2) is 0 Å².